The van der Waals surface area contributed by atoms with Crippen LogP contribution in [0.3, 0.4) is 0 Å². The van der Waals surface area contributed by atoms with Crippen molar-refractivity contribution in [1.82, 2.24) is 10.2 Å². The second-order valence-electron chi connectivity index (χ2n) is 5.85. The minimum atomic E-state index is -0.343. The third-order valence-corrected chi connectivity index (χ3v) is 4.76. The summed E-state index contributed by atoms with van der Waals surface area (Å²) in [5, 5.41) is 3.79. The lowest BCUT2D eigenvalue weighted by atomic mass is 9.87. The van der Waals surface area contributed by atoms with E-state index in [2.05, 4.69) is 44.8 Å². The summed E-state index contributed by atoms with van der Waals surface area (Å²) >= 11 is 6.12. The van der Waals surface area contributed by atoms with Crippen LogP contribution in [-0.4, -0.2) is 36.1 Å². The molecule has 0 radical (unpaired) electrons. The van der Waals surface area contributed by atoms with Crippen molar-refractivity contribution in [3.8, 4) is 0 Å². The average molecular weight is 315 g/mol. The van der Waals surface area contributed by atoms with E-state index in [0.29, 0.717) is 6.42 Å². The number of rotatable bonds is 8. The molecule has 120 valence electrons. The van der Waals surface area contributed by atoms with Gasteiger partial charge in [-0.25, -0.2) is 4.39 Å². The van der Waals surface area contributed by atoms with E-state index in [1.807, 2.05) is 6.07 Å². The van der Waals surface area contributed by atoms with Gasteiger partial charge in [-0.3, -0.25) is 4.90 Å². The fraction of sp³-hybridized carbons (Fsp3) is 0.647. The first kappa shape index (κ1) is 18.4. The molecule has 1 aromatic rings. The Kier molecular flexibility index (Phi) is 7.11. The molecule has 0 amide bonds. The van der Waals surface area contributed by atoms with Gasteiger partial charge in [0.1, 0.15) is 5.82 Å². The zero-order valence-corrected chi connectivity index (χ0v) is 14.6. The van der Waals surface area contributed by atoms with Crippen LogP contribution in [0.5, 0.6) is 0 Å². The summed E-state index contributed by atoms with van der Waals surface area (Å²) in [6.45, 7) is 13.8. The lowest BCUT2D eigenvalue weighted by molar-refractivity contribution is 0.0918. The Morgan fingerprint density at radius 2 is 1.86 bits per heavy atom. The van der Waals surface area contributed by atoms with E-state index in [4.69, 9.17) is 11.6 Å². The van der Waals surface area contributed by atoms with E-state index in [-0.39, 0.29) is 22.4 Å². The van der Waals surface area contributed by atoms with E-state index in [9.17, 15) is 4.39 Å². The number of nitrogens with one attached hydrogen (secondary N) is 1. The Bertz CT molecular complexity index is 444. The highest BCUT2D eigenvalue weighted by Gasteiger charge is 2.33. The summed E-state index contributed by atoms with van der Waals surface area (Å²) in [5.41, 5.74) is 0.831. The first-order valence-corrected chi connectivity index (χ1v) is 8.17. The van der Waals surface area contributed by atoms with Gasteiger partial charge in [0, 0.05) is 11.6 Å². The number of nitrogens with zero attached hydrogens (tertiary/aromatic N) is 1. The maximum absolute atomic E-state index is 13.6. The van der Waals surface area contributed by atoms with E-state index in [0.717, 1.165) is 25.2 Å². The van der Waals surface area contributed by atoms with Gasteiger partial charge in [-0.2, -0.15) is 0 Å². The van der Waals surface area contributed by atoms with Crippen molar-refractivity contribution in [2.75, 3.05) is 19.6 Å². The van der Waals surface area contributed by atoms with Crippen LogP contribution >= 0.6 is 11.6 Å². The van der Waals surface area contributed by atoms with Gasteiger partial charge >= 0.3 is 0 Å². The highest BCUT2D eigenvalue weighted by atomic mass is 35.5. The van der Waals surface area contributed by atoms with Crippen LogP contribution in [0.4, 0.5) is 4.39 Å². The van der Waals surface area contributed by atoms with Crippen molar-refractivity contribution in [3.63, 3.8) is 0 Å². The van der Waals surface area contributed by atoms with Gasteiger partial charge in [-0.15, -0.1) is 0 Å². The molecule has 0 fully saturated rings. The summed E-state index contributed by atoms with van der Waals surface area (Å²) in [6.07, 6.45) is 0.716. The number of hydrogen-bond donors (Lipinski definition) is 1. The van der Waals surface area contributed by atoms with E-state index < -0.39 is 0 Å². The van der Waals surface area contributed by atoms with Crippen LogP contribution in [0.25, 0.3) is 0 Å². The van der Waals surface area contributed by atoms with Gasteiger partial charge in [0.2, 0.25) is 0 Å². The molecule has 0 saturated heterocycles. The number of halogens is 2. The molecule has 0 aliphatic carbocycles. The largest absolute Gasteiger partial charge is 0.312 e. The third-order valence-electron chi connectivity index (χ3n) is 4.34. The highest BCUT2D eigenvalue weighted by Crippen LogP contribution is 2.26. The number of benzene rings is 1. The summed E-state index contributed by atoms with van der Waals surface area (Å²) in [5.74, 6) is -0.343. The Morgan fingerprint density at radius 3 is 2.38 bits per heavy atom. The lowest BCUT2D eigenvalue weighted by Gasteiger charge is -2.44. The molecule has 21 heavy (non-hydrogen) atoms. The molecule has 0 aliphatic heterocycles. The SMILES string of the molecule is CCNC(Cc1cccc(F)c1Cl)C(C)(C)N(CC)CC. The Hall–Kier alpha value is -0.640. The molecule has 2 nitrogen and oxygen atoms in total. The van der Waals surface area contributed by atoms with Gasteiger partial charge in [0.05, 0.1) is 5.02 Å². The number of hydrogen-bond acceptors (Lipinski definition) is 2. The summed E-state index contributed by atoms with van der Waals surface area (Å²) in [4.78, 5) is 2.42. The molecule has 0 spiro atoms. The average Bonchev–Trinajstić information content (AvgIpc) is 2.44. The maximum atomic E-state index is 13.6. The zero-order valence-electron chi connectivity index (χ0n) is 13.8. The molecule has 0 bridgehead atoms. The monoisotopic (exact) mass is 314 g/mol. The van der Waals surface area contributed by atoms with Crippen LogP contribution in [0, 0.1) is 5.82 Å². The van der Waals surface area contributed by atoms with Crippen molar-refractivity contribution in [2.24, 2.45) is 0 Å². The molecule has 0 heterocycles. The summed E-state index contributed by atoms with van der Waals surface area (Å²) in [6, 6.07) is 5.25. The first-order valence-electron chi connectivity index (χ1n) is 7.79. The smallest absolute Gasteiger partial charge is 0.142 e. The van der Waals surface area contributed by atoms with Crippen LogP contribution in [-0.2, 0) is 6.42 Å². The quantitative estimate of drug-likeness (QED) is 0.776. The van der Waals surface area contributed by atoms with Crippen molar-refractivity contribution >= 4 is 11.6 Å². The summed E-state index contributed by atoms with van der Waals surface area (Å²) in [7, 11) is 0. The standard InChI is InChI=1S/C17H28ClFN2/c1-6-20-15(17(4,5)21(7-2)8-3)12-13-10-9-11-14(19)16(13)18/h9-11,15,20H,6-8,12H2,1-5H3. The normalized spacial score (nSPS) is 13.7. The van der Waals surface area contributed by atoms with Gasteiger partial charge in [-0.05, 0) is 51.5 Å². The van der Waals surface area contributed by atoms with Crippen LogP contribution in [0.2, 0.25) is 5.02 Å². The number of likely N-dealkylation sites (N-methyl/N-ethyl adjacent to an activating group) is 2. The van der Waals surface area contributed by atoms with Crippen LogP contribution < -0.4 is 5.32 Å². The van der Waals surface area contributed by atoms with E-state index in [1.54, 1.807) is 6.07 Å². The molecule has 0 aromatic heterocycles. The molecule has 1 atom stereocenters. The highest BCUT2D eigenvalue weighted by molar-refractivity contribution is 6.31. The molecular weight excluding hydrogens is 287 g/mol. The Morgan fingerprint density at radius 1 is 1.24 bits per heavy atom. The second kappa shape index (κ2) is 8.11. The molecule has 1 unspecified atom stereocenters. The molecule has 4 heteroatoms. The van der Waals surface area contributed by atoms with Gasteiger partial charge in [0.25, 0.3) is 0 Å². The molecule has 0 aliphatic rings. The fourth-order valence-electron chi connectivity index (χ4n) is 3.00. The van der Waals surface area contributed by atoms with Crippen molar-refractivity contribution in [1.29, 1.82) is 0 Å². The minimum Gasteiger partial charge on any atom is -0.312 e. The van der Waals surface area contributed by atoms with E-state index >= 15 is 0 Å². The van der Waals surface area contributed by atoms with Crippen LogP contribution in [0.1, 0.15) is 40.2 Å². The zero-order chi connectivity index (χ0) is 16.0. The third kappa shape index (κ3) is 4.41. The van der Waals surface area contributed by atoms with Crippen molar-refractivity contribution in [2.45, 2.75) is 52.6 Å². The Balaban J connectivity index is 3.04. The molecule has 1 rings (SSSR count). The summed E-state index contributed by atoms with van der Waals surface area (Å²) < 4.78 is 13.6. The van der Waals surface area contributed by atoms with Gasteiger partial charge < -0.3 is 5.32 Å². The molecular formula is C17H28ClFN2. The van der Waals surface area contributed by atoms with E-state index in [1.165, 1.54) is 6.07 Å². The van der Waals surface area contributed by atoms with Gasteiger partial charge in [-0.1, -0.05) is 44.5 Å². The van der Waals surface area contributed by atoms with Crippen molar-refractivity contribution < 1.29 is 4.39 Å². The fourth-order valence-corrected chi connectivity index (χ4v) is 3.21. The maximum Gasteiger partial charge on any atom is 0.142 e. The topological polar surface area (TPSA) is 15.3 Å². The molecule has 1 aromatic carbocycles. The lowest BCUT2D eigenvalue weighted by Crippen LogP contribution is -2.58. The van der Waals surface area contributed by atoms with Gasteiger partial charge in [0.15, 0.2) is 0 Å². The second-order valence-corrected chi connectivity index (χ2v) is 6.23. The van der Waals surface area contributed by atoms with Crippen LogP contribution in [0.15, 0.2) is 18.2 Å². The molecule has 1 N–H and O–H groups in total. The Labute approximate surface area is 133 Å². The van der Waals surface area contributed by atoms with Crippen molar-refractivity contribution in [3.05, 3.63) is 34.6 Å². The predicted molar refractivity (Wildman–Crippen MR) is 89.6 cm³/mol. The predicted octanol–water partition coefficient (Wildman–Crippen LogP) is 4.12. The molecule has 0 saturated carbocycles. The minimum absolute atomic E-state index is 0.0326. The first-order chi connectivity index (χ1) is 9.88.